The molecule has 0 heterocycles. The van der Waals surface area contributed by atoms with Gasteiger partial charge in [-0.2, -0.15) is 0 Å². The molecule has 0 aliphatic rings. The fourth-order valence-corrected chi connectivity index (χ4v) is 2.01. The van der Waals surface area contributed by atoms with Gasteiger partial charge in [-0.25, -0.2) is 0 Å². The van der Waals surface area contributed by atoms with Gasteiger partial charge in [-0.1, -0.05) is 41.5 Å². The molecule has 0 rings (SSSR count). The minimum Gasteiger partial charge on any atom is -0.854 e. The number of rotatable bonds is 12. The predicted molar refractivity (Wildman–Crippen MR) is 104 cm³/mol. The van der Waals surface area contributed by atoms with Crippen molar-refractivity contribution in [2.45, 2.75) is 41.5 Å². The van der Waals surface area contributed by atoms with E-state index in [2.05, 4.69) is 56.2 Å². The SMILES string of the molecule is CCN(CC)CC[O-].CCN(CC)CC[O-].CCN(CC)CC[O-].[Bi+3]. The fourth-order valence-electron chi connectivity index (χ4n) is 2.01. The Bertz CT molecular complexity index is 171. The van der Waals surface area contributed by atoms with Crippen molar-refractivity contribution in [3.05, 3.63) is 0 Å². The molecule has 0 spiro atoms. The molecule has 6 nitrogen and oxygen atoms in total. The molecule has 0 saturated heterocycles. The third kappa shape index (κ3) is 27.0. The normalized spacial score (nSPS) is 10.1. The summed E-state index contributed by atoms with van der Waals surface area (Å²) in [7, 11) is 0. The van der Waals surface area contributed by atoms with E-state index in [1.807, 2.05) is 0 Å². The van der Waals surface area contributed by atoms with Gasteiger partial charge in [0.1, 0.15) is 0 Å². The first-order chi connectivity index (χ1) is 11.5. The molecule has 0 saturated carbocycles. The minimum atomic E-state index is 0. The Morgan fingerprint density at radius 2 is 0.600 bits per heavy atom. The minimum absolute atomic E-state index is 0. The van der Waals surface area contributed by atoms with Crippen molar-refractivity contribution in [3.63, 3.8) is 0 Å². The molecule has 0 aliphatic heterocycles. The largest absolute Gasteiger partial charge is 3.00 e. The first-order valence-corrected chi connectivity index (χ1v) is 9.45. The summed E-state index contributed by atoms with van der Waals surface area (Å²) in [6.45, 7) is 20.6. The van der Waals surface area contributed by atoms with Gasteiger partial charge < -0.3 is 30.0 Å². The maximum atomic E-state index is 10.0. The predicted octanol–water partition coefficient (Wildman–Crippen LogP) is -1.32. The molecule has 0 fully saturated rings. The molecule has 0 aromatic heterocycles. The maximum Gasteiger partial charge on any atom is 3.00 e. The van der Waals surface area contributed by atoms with E-state index in [1.54, 1.807) is 0 Å². The molecule has 0 atom stereocenters. The molecule has 7 heteroatoms. The van der Waals surface area contributed by atoms with Crippen LogP contribution in [0.1, 0.15) is 41.5 Å². The molecule has 152 valence electrons. The van der Waals surface area contributed by atoms with Crippen LogP contribution in [-0.2, 0) is 0 Å². The summed E-state index contributed by atoms with van der Waals surface area (Å²) >= 11 is 0. The second-order valence-electron chi connectivity index (χ2n) is 5.19. The fraction of sp³-hybridized carbons (Fsp3) is 1.00. The molecule has 0 N–H and O–H groups in total. The Morgan fingerprint density at radius 3 is 0.640 bits per heavy atom. The van der Waals surface area contributed by atoms with E-state index < -0.39 is 0 Å². The van der Waals surface area contributed by atoms with Gasteiger partial charge in [0.2, 0.25) is 0 Å². The summed E-state index contributed by atoms with van der Waals surface area (Å²) in [6.07, 6.45) is 0. The molecule has 25 heavy (non-hydrogen) atoms. The van der Waals surface area contributed by atoms with Gasteiger partial charge in [0.15, 0.2) is 0 Å². The van der Waals surface area contributed by atoms with Crippen molar-refractivity contribution in [1.82, 2.24) is 14.7 Å². The van der Waals surface area contributed by atoms with Crippen LogP contribution in [0.15, 0.2) is 0 Å². The van der Waals surface area contributed by atoms with E-state index in [0.29, 0.717) is 19.6 Å². The number of nitrogens with zero attached hydrogens (tertiary/aromatic N) is 3. The van der Waals surface area contributed by atoms with Crippen LogP contribution in [-0.4, -0.2) is 120 Å². The Hall–Kier alpha value is 0.643. The smallest absolute Gasteiger partial charge is 0.854 e. The monoisotopic (exact) mass is 557 g/mol. The van der Waals surface area contributed by atoms with Crippen LogP contribution in [0.4, 0.5) is 0 Å². The molecule has 2 radical (unpaired) electrons. The van der Waals surface area contributed by atoms with Crippen molar-refractivity contribution < 1.29 is 15.3 Å². The van der Waals surface area contributed by atoms with E-state index in [1.165, 1.54) is 0 Å². The molecular weight excluding hydrogens is 515 g/mol. The molecule has 0 unspecified atom stereocenters. The molecule has 0 aromatic rings. The zero-order chi connectivity index (χ0) is 19.2. The van der Waals surface area contributed by atoms with Crippen LogP contribution in [0.25, 0.3) is 0 Å². The zero-order valence-corrected chi connectivity index (χ0v) is 21.0. The molecular formula is C18H42BiN3O3. The van der Waals surface area contributed by atoms with Gasteiger partial charge in [0, 0.05) is 0 Å². The molecule has 0 bridgehead atoms. The zero-order valence-electron chi connectivity index (χ0n) is 17.5. The van der Waals surface area contributed by atoms with Gasteiger partial charge in [0.05, 0.1) is 0 Å². The van der Waals surface area contributed by atoms with Gasteiger partial charge >= 0.3 is 26.2 Å². The number of hydrogen-bond acceptors (Lipinski definition) is 6. The van der Waals surface area contributed by atoms with Crippen molar-refractivity contribution in [2.75, 3.05) is 78.7 Å². The summed E-state index contributed by atoms with van der Waals surface area (Å²) < 4.78 is 0. The van der Waals surface area contributed by atoms with E-state index >= 15 is 0 Å². The second-order valence-corrected chi connectivity index (χ2v) is 5.19. The van der Waals surface area contributed by atoms with Gasteiger partial charge in [-0.15, -0.1) is 19.8 Å². The van der Waals surface area contributed by atoms with Gasteiger partial charge in [0.25, 0.3) is 0 Å². The number of hydrogen-bond donors (Lipinski definition) is 0. The molecule has 0 aromatic carbocycles. The molecule has 0 amide bonds. The van der Waals surface area contributed by atoms with Crippen LogP contribution >= 0.6 is 0 Å². The molecule has 0 aliphatic carbocycles. The van der Waals surface area contributed by atoms with Crippen molar-refractivity contribution in [3.8, 4) is 0 Å². The Balaban J connectivity index is -0.000000130. The van der Waals surface area contributed by atoms with Crippen LogP contribution in [0.2, 0.25) is 0 Å². The van der Waals surface area contributed by atoms with Crippen LogP contribution < -0.4 is 15.3 Å². The van der Waals surface area contributed by atoms with E-state index in [4.69, 9.17) is 0 Å². The van der Waals surface area contributed by atoms with E-state index in [-0.39, 0.29) is 46.0 Å². The Morgan fingerprint density at radius 1 is 0.440 bits per heavy atom. The summed E-state index contributed by atoms with van der Waals surface area (Å²) in [5.74, 6) is 0. The number of likely N-dealkylation sites (N-methyl/N-ethyl adjacent to an activating group) is 3. The second kappa shape index (κ2) is 29.4. The third-order valence-electron chi connectivity index (χ3n) is 3.91. The topological polar surface area (TPSA) is 78.9 Å². The average molecular weight is 558 g/mol. The van der Waals surface area contributed by atoms with E-state index in [9.17, 15) is 15.3 Å². The van der Waals surface area contributed by atoms with Crippen molar-refractivity contribution >= 4 is 26.2 Å². The standard InChI is InChI=1S/3C6H14NO.Bi/c3*1-3-7(4-2)5-6-8;/h3*3-6H2,1-2H3;/q3*-1;+3. The Kier molecular flexibility index (Phi) is 39.1. The van der Waals surface area contributed by atoms with Gasteiger partial charge in [-0.3, -0.25) is 0 Å². The summed E-state index contributed by atoms with van der Waals surface area (Å²) in [5.41, 5.74) is 0. The first-order valence-electron chi connectivity index (χ1n) is 9.45. The van der Waals surface area contributed by atoms with Crippen LogP contribution in [0.5, 0.6) is 0 Å². The van der Waals surface area contributed by atoms with Crippen LogP contribution in [0.3, 0.4) is 0 Å². The first kappa shape index (κ1) is 33.2. The Labute approximate surface area is 176 Å². The summed E-state index contributed by atoms with van der Waals surface area (Å²) in [6, 6.07) is 0. The van der Waals surface area contributed by atoms with Crippen molar-refractivity contribution in [1.29, 1.82) is 0 Å². The third-order valence-corrected chi connectivity index (χ3v) is 3.91. The van der Waals surface area contributed by atoms with Gasteiger partial charge in [-0.05, 0) is 58.9 Å². The van der Waals surface area contributed by atoms with E-state index in [0.717, 1.165) is 39.3 Å². The average Bonchev–Trinajstić information content (AvgIpc) is 2.63. The van der Waals surface area contributed by atoms with Crippen molar-refractivity contribution in [2.24, 2.45) is 0 Å². The summed E-state index contributed by atoms with van der Waals surface area (Å²) in [4.78, 5) is 6.35. The quantitative estimate of drug-likeness (QED) is 0.278. The van der Waals surface area contributed by atoms with Crippen LogP contribution in [0, 0.1) is 0 Å². The summed E-state index contributed by atoms with van der Waals surface area (Å²) in [5, 5.41) is 30.0. The maximum absolute atomic E-state index is 10.0.